The highest BCUT2D eigenvalue weighted by Gasteiger charge is 2.20. The van der Waals surface area contributed by atoms with Crippen molar-refractivity contribution in [3.8, 4) is 0 Å². The van der Waals surface area contributed by atoms with Gasteiger partial charge in [-0.3, -0.25) is 9.69 Å². The largest absolute Gasteiger partial charge is 0.351 e. The van der Waals surface area contributed by atoms with Crippen molar-refractivity contribution in [2.75, 3.05) is 44.2 Å². The van der Waals surface area contributed by atoms with Gasteiger partial charge in [0.05, 0.1) is 10.2 Å². The number of amides is 1. The summed E-state index contributed by atoms with van der Waals surface area (Å²) in [6.45, 7) is 11.8. The van der Waals surface area contributed by atoms with E-state index in [1.54, 1.807) is 11.3 Å². The molecule has 4 rings (SSSR count). The van der Waals surface area contributed by atoms with Crippen LogP contribution in [0.1, 0.15) is 27.0 Å². The van der Waals surface area contributed by atoms with Gasteiger partial charge in [-0.1, -0.05) is 35.1 Å². The van der Waals surface area contributed by atoms with Crippen molar-refractivity contribution in [2.45, 2.75) is 20.8 Å². The quantitative estimate of drug-likeness (QED) is 0.698. The number of hydrogen-bond donors (Lipinski definition) is 1. The highest BCUT2D eigenvalue weighted by Crippen LogP contribution is 2.32. The molecule has 0 radical (unpaired) electrons. The van der Waals surface area contributed by atoms with Crippen molar-refractivity contribution < 1.29 is 4.79 Å². The Bertz CT molecular complexity index is 1020. The lowest BCUT2D eigenvalue weighted by Crippen LogP contribution is -2.48. The first-order chi connectivity index (χ1) is 14.0. The third kappa shape index (κ3) is 4.43. The average Bonchev–Trinajstić information content (AvgIpc) is 3.16. The highest BCUT2D eigenvalue weighted by atomic mass is 32.1. The molecule has 1 aromatic heterocycles. The number of hydrogen-bond acceptors (Lipinski definition) is 5. The molecule has 5 nitrogen and oxygen atoms in total. The molecule has 1 saturated heterocycles. The zero-order valence-corrected chi connectivity index (χ0v) is 18.2. The van der Waals surface area contributed by atoms with Crippen LogP contribution in [0.15, 0.2) is 36.4 Å². The molecule has 0 unspecified atom stereocenters. The molecule has 1 aliphatic heterocycles. The molecule has 6 heteroatoms. The van der Waals surface area contributed by atoms with Crippen LogP contribution in [-0.4, -0.2) is 55.1 Å². The van der Waals surface area contributed by atoms with Crippen molar-refractivity contribution in [2.24, 2.45) is 0 Å². The number of aryl methyl sites for hydroxylation is 3. The van der Waals surface area contributed by atoms with Crippen LogP contribution in [0.3, 0.4) is 0 Å². The van der Waals surface area contributed by atoms with Crippen LogP contribution in [0, 0.1) is 20.8 Å². The minimum Gasteiger partial charge on any atom is -0.351 e. The van der Waals surface area contributed by atoms with Crippen LogP contribution in [0.2, 0.25) is 0 Å². The topological polar surface area (TPSA) is 48.5 Å². The van der Waals surface area contributed by atoms with Gasteiger partial charge in [-0.15, -0.1) is 0 Å². The predicted octanol–water partition coefficient (Wildman–Crippen LogP) is 3.77. The predicted molar refractivity (Wildman–Crippen MR) is 121 cm³/mol. The molecule has 3 aromatic rings. The zero-order valence-electron chi connectivity index (χ0n) is 17.4. The van der Waals surface area contributed by atoms with Crippen molar-refractivity contribution in [1.82, 2.24) is 15.2 Å². The summed E-state index contributed by atoms with van der Waals surface area (Å²) in [7, 11) is 0. The summed E-state index contributed by atoms with van der Waals surface area (Å²) in [5.41, 5.74) is 5.57. The second kappa shape index (κ2) is 8.51. The van der Waals surface area contributed by atoms with E-state index in [2.05, 4.69) is 41.1 Å². The molecule has 0 bridgehead atoms. The second-order valence-electron chi connectivity index (χ2n) is 7.80. The van der Waals surface area contributed by atoms with E-state index in [0.717, 1.165) is 54.5 Å². The number of nitrogens with one attached hydrogen (secondary N) is 1. The van der Waals surface area contributed by atoms with Crippen LogP contribution in [0.4, 0.5) is 5.13 Å². The van der Waals surface area contributed by atoms with E-state index in [4.69, 9.17) is 4.98 Å². The summed E-state index contributed by atoms with van der Waals surface area (Å²) >= 11 is 1.79. The van der Waals surface area contributed by atoms with Crippen molar-refractivity contribution >= 4 is 32.6 Å². The second-order valence-corrected chi connectivity index (χ2v) is 8.81. The van der Waals surface area contributed by atoms with Gasteiger partial charge in [-0.05, 0) is 50.1 Å². The van der Waals surface area contributed by atoms with E-state index >= 15 is 0 Å². The van der Waals surface area contributed by atoms with Gasteiger partial charge in [0.25, 0.3) is 5.91 Å². The molecule has 152 valence electrons. The van der Waals surface area contributed by atoms with Crippen LogP contribution >= 0.6 is 11.3 Å². The number of carbonyl (C=O) groups is 1. The van der Waals surface area contributed by atoms with E-state index < -0.39 is 0 Å². The summed E-state index contributed by atoms with van der Waals surface area (Å²) in [4.78, 5) is 22.0. The average molecular weight is 409 g/mol. The standard InChI is InChI=1S/C23H28N4OS/c1-16-5-4-6-19(15-16)22(28)24-9-10-26-11-13-27(14-12-26)23-25-21-18(3)17(2)7-8-20(21)29-23/h4-8,15H,9-14H2,1-3H3,(H,24,28). The molecule has 0 aliphatic carbocycles. The number of benzene rings is 2. The normalized spacial score (nSPS) is 15.1. The first-order valence-corrected chi connectivity index (χ1v) is 11.0. The fourth-order valence-electron chi connectivity index (χ4n) is 3.73. The molecule has 0 spiro atoms. The van der Waals surface area contributed by atoms with Crippen molar-refractivity contribution in [1.29, 1.82) is 0 Å². The maximum atomic E-state index is 12.3. The van der Waals surface area contributed by atoms with Crippen LogP contribution < -0.4 is 10.2 Å². The minimum absolute atomic E-state index is 0.00692. The summed E-state index contributed by atoms with van der Waals surface area (Å²) in [6, 6.07) is 12.1. The molecular weight excluding hydrogens is 380 g/mol. The number of nitrogens with zero attached hydrogens (tertiary/aromatic N) is 3. The molecule has 2 heterocycles. The molecular formula is C23H28N4OS. The van der Waals surface area contributed by atoms with E-state index in [1.807, 2.05) is 31.2 Å². The Hall–Kier alpha value is -2.44. The Morgan fingerprint density at radius 2 is 1.90 bits per heavy atom. The lowest BCUT2D eigenvalue weighted by atomic mass is 10.1. The lowest BCUT2D eigenvalue weighted by molar-refractivity contribution is 0.0947. The third-order valence-electron chi connectivity index (χ3n) is 5.71. The van der Waals surface area contributed by atoms with Gasteiger partial charge in [0.1, 0.15) is 0 Å². The van der Waals surface area contributed by atoms with E-state index in [1.165, 1.54) is 15.8 Å². The van der Waals surface area contributed by atoms with Crippen molar-refractivity contribution in [3.63, 3.8) is 0 Å². The van der Waals surface area contributed by atoms with E-state index in [-0.39, 0.29) is 5.91 Å². The van der Waals surface area contributed by atoms with Gasteiger partial charge < -0.3 is 10.2 Å². The number of rotatable bonds is 5. The number of aromatic nitrogens is 1. The van der Waals surface area contributed by atoms with Crippen molar-refractivity contribution in [3.05, 3.63) is 58.7 Å². The van der Waals surface area contributed by atoms with Gasteiger partial charge in [-0.25, -0.2) is 4.98 Å². The number of carbonyl (C=O) groups excluding carboxylic acids is 1. The zero-order chi connectivity index (χ0) is 20.4. The molecule has 2 aromatic carbocycles. The Labute approximate surface area is 176 Å². The lowest BCUT2D eigenvalue weighted by Gasteiger charge is -2.34. The minimum atomic E-state index is 0.00692. The summed E-state index contributed by atoms with van der Waals surface area (Å²) in [6.07, 6.45) is 0. The van der Waals surface area contributed by atoms with Crippen LogP contribution in [-0.2, 0) is 0 Å². The first-order valence-electron chi connectivity index (χ1n) is 10.2. The molecule has 29 heavy (non-hydrogen) atoms. The third-order valence-corrected chi connectivity index (χ3v) is 6.79. The van der Waals surface area contributed by atoms with Gasteiger partial charge >= 0.3 is 0 Å². The Morgan fingerprint density at radius 1 is 1.10 bits per heavy atom. The SMILES string of the molecule is Cc1cccc(C(=O)NCCN2CCN(c3nc4c(C)c(C)ccc4s3)CC2)c1. The summed E-state index contributed by atoms with van der Waals surface area (Å²) in [5, 5.41) is 4.17. The van der Waals surface area contributed by atoms with Crippen LogP contribution in [0.25, 0.3) is 10.2 Å². The van der Waals surface area contributed by atoms with Gasteiger partial charge in [-0.2, -0.15) is 0 Å². The highest BCUT2D eigenvalue weighted by molar-refractivity contribution is 7.22. The maximum Gasteiger partial charge on any atom is 0.251 e. The summed E-state index contributed by atoms with van der Waals surface area (Å²) in [5.74, 6) is 0.00692. The Kier molecular flexibility index (Phi) is 5.83. The number of fused-ring (bicyclic) bond motifs is 1. The first kappa shape index (κ1) is 19.9. The summed E-state index contributed by atoms with van der Waals surface area (Å²) < 4.78 is 1.27. The van der Waals surface area contributed by atoms with Gasteiger partial charge in [0, 0.05) is 44.8 Å². The van der Waals surface area contributed by atoms with Crippen LogP contribution in [0.5, 0.6) is 0 Å². The smallest absolute Gasteiger partial charge is 0.251 e. The fourth-order valence-corrected chi connectivity index (χ4v) is 4.81. The molecule has 1 N–H and O–H groups in total. The molecule has 1 amide bonds. The van der Waals surface area contributed by atoms with E-state index in [9.17, 15) is 4.79 Å². The Balaban J connectivity index is 1.27. The number of thiazole rings is 1. The maximum absolute atomic E-state index is 12.3. The fraction of sp³-hybridized carbons (Fsp3) is 0.391. The van der Waals surface area contributed by atoms with Gasteiger partial charge in [0.2, 0.25) is 0 Å². The molecule has 1 fully saturated rings. The van der Waals surface area contributed by atoms with E-state index in [0.29, 0.717) is 6.54 Å². The Morgan fingerprint density at radius 3 is 2.66 bits per heavy atom. The number of piperazine rings is 1. The molecule has 0 atom stereocenters. The van der Waals surface area contributed by atoms with Gasteiger partial charge in [0.15, 0.2) is 5.13 Å². The molecule has 0 saturated carbocycles. The molecule has 1 aliphatic rings. The monoisotopic (exact) mass is 408 g/mol. The number of anilines is 1.